The lowest BCUT2D eigenvalue weighted by Gasteiger charge is -2.23. The minimum Gasteiger partial charge on any atom is -0.469 e. The molecule has 0 radical (unpaired) electrons. The van der Waals surface area contributed by atoms with Gasteiger partial charge in [0, 0.05) is 31.5 Å². The molecule has 1 aliphatic rings. The van der Waals surface area contributed by atoms with Gasteiger partial charge in [0.25, 0.3) is 5.56 Å². The Morgan fingerprint density at radius 1 is 1.18 bits per heavy atom. The van der Waals surface area contributed by atoms with Crippen molar-refractivity contribution < 1.29 is 9.21 Å². The Balaban J connectivity index is 1.53. The zero-order chi connectivity index (χ0) is 19.5. The van der Waals surface area contributed by atoms with Gasteiger partial charge in [0.1, 0.15) is 11.6 Å². The van der Waals surface area contributed by atoms with E-state index < -0.39 is 0 Å². The molecule has 6 heteroatoms. The van der Waals surface area contributed by atoms with Crippen LogP contribution in [0.3, 0.4) is 0 Å². The van der Waals surface area contributed by atoms with Crippen molar-refractivity contribution in [2.75, 3.05) is 13.1 Å². The Morgan fingerprint density at radius 3 is 2.71 bits per heavy atom. The minimum atomic E-state index is -0.127. The first kappa shape index (κ1) is 18.2. The normalized spacial score (nSPS) is 15.0. The molecule has 28 heavy (non-hydrogen) atoms. The third kappa shape index (κ3) is 3.76. The molecule has 0 saturated heterocycles. The van der Waals surface area contributed by atoms with Gasteiger partial charge in [-0.3, -0.25) is 9.59 Å². The smallest absolute Gasteiger partial charge is 0.254 e. The van der Waals surface area contributed by atoms with Crippen molar-refractivity contribution in [3.8, 4) is 0 Å². The quantitative estimate of drug-likeness (QED) is 0.758. The second-order valence-corrected chi connectivity index (χ2v) is 7.14. The van der Waals surface area contributed by atoms with Gasteiger partial charge in [-0.25, -0.2) is 4.98 Å². The van der Waals surface area contributed by atoms with Crippen LogP contribution in [-0.4, -0.2) is 33.9 Å². The van der Waals surface area contributed by atoms with Crippen LogP contribution in [0, 0.1) is 6.92 Å². The summed E-state index contributed by atoms with van der Waals surface area (Å²) in [6.07, 6.45) is 3.10. The molecule has 144 valence electrons. The summed E-state index contributed by atoms with van der Waals surface area (Å²) >= 11 is 0. The number of aromatic nitrogens is 2. The molecule has 0 saturated carbocycles. The largest absolute Gasteiger partial charge is 0.469 e. The lowest BCUT2D eigenvalue weighted by Crippen LogP contribution is -2.34. The van der Waals surface area contributed by atoms with Crippen LogP contribution in [0.25, 0.3) is 0 Å². The number of fused-ring (bicyclic) bond motifs is 1. The number of H-pyrrole nitrogens is 1. The molecule has 2 aromatic heterocycles. The van der Waals surface area contributed by atoms with Gasteiger partial charge in [-0.2, -0.15) is 0 Å². The molecule has 1 aromatic carbocycles. The van der Waals surface area contributed by atoms with Gasteiger partial charge < -0.3 is 14.3 Å². The second kappa shape index (κ2) is 7.84. The number of hydrogen-bond donors (Lipinski definition) is 1. The molecule has 0 unspecified atom stereocenters. The zero-order valence-corrected chi connectivity index (χ0v) is 15.9. The van der Waals surface area contributed by atoms with Crippen molar-refractivity contribution in [1.29, 1.82) is 0 Å². The van der Waals surface area contributed by atoms with Gasteiger partial charge in [-0.05, 0) is 31.0 Å². The van der Waals surface area contributed by atoms with Gasteiger partial charge in [-0.1, -0.05) is 30.3 Å². The van der Waals surface area contributed by atoms with E-state index in [1.807, 2.05) is 47.4 Å². The third-order valence-corrected chi connectivity index (χ3v) is 5.29. The highest BCUT2D eigenvalue weighted by Crippen LogP contribution is 2.29. The Kier molecular flexibility index (Phi) is 5.10. The van der Waals surface area contributed by atoms with Crippen LogP contribution in [0.5, 0.6) is 0 Å². The average Bonchev–Trinajstić information content (AvgIpc) is 3.13. The first-order valence-electron chi connectivity index (χ1n) is 9.56. The third-order valence-electron chi connectivity index (χ3n) is 5.29. The molecule has 0 fully saturated rings. The first-order valence-corrected chi connectivity index (χ1v) is 9.56. The number of benzene rings is 1. The Hall–Kier alpha value is -3.15. The minimum absolute atomic E-state index is 0.0613. The fourth-order valence-electron chi connectivity index (χ4n) is 3.84. The number of aromatic amines is 1. The van der Waals surface area contributed by atoms with Gasteiger partial charge in [-0.15, -0.1) is 0 Å². The summed E-state index contributed by atoms with van der Waals surface area (Å²) in [6, 6.07) is 13.7. The number of furan rings is 1. The maximum atomic E-state index is 13.1. The molecule has 1 amide bonds. The van der Waals surface area contributed by atoms with Crippen molar-refractivity contribution in [3.63, 3.8) is 0 Å². The molecule has 3 heterocycles. The molecule has 4 rings (SSSR count). The van der Waals surface area contributed by atoms with Crippen LogP contribution in [-0.2, 0) is 17.6 Å². The highest BCUT2D eigenvalue weighted by atomic mass is 16.3. The average molecular weight is 377 g/mol. The summed E-state index contributed by atoms with van der Waals surface area (Å²) in [5, 5.41) is 0. The monoisotopic (exact) mass is 377 g/mol. The van der Waals surface area contributed by atoms with Crippen LogP contribution < -0.4 is 5.56 Å². The lowest BCUT2D eigenvalue weighted by molar-refractivity contribution is -0.131. The molecule has 6 nitrogen and oxygen atoms in total. The number of amides is 1. The first-order chi connectivity index (χ1) is 13.6. The van der Waals surface area contributed by atoms with E-state index in [-0.39, 0.29) is 17.4 Å². The molecule has 3 aromatic rings. The van der Waals surface area contributed by atoms with Gasteiger partial charge >= 0.3 is 0 Å². The van der Waals surface area contributed by atoms with Crippen molar-refractivity contribution in [1.82, 2.24) is 14.9 Å². The van der Waals surface area contributed by atoms with Crippen LogP contribution in [0.2, 0.25) is 0 Å². The summed E-state index contributed by atoms with van der Waals surface area (Å²) in [4.78, 5) is 34.4. The van der Waals surface area contributed by atoms with E-state index >= 15 is 0 Å². The van der Waals surface area contributed by atoms with Crippen LogP contribution >= 0.6 is 0 Å². The number of aryl methyl sites for hydroxylation is 1. The van der Waals surface area contributed by atoms with E-state index in [9.17, 15) is 9.59 Å². The standard InChI is InChI=1S/C22H23N3O3/c1-15-23-19-10-12-25(11-9-17(19)22(27)24-15)21(26)14-18(20-8-5-13-28-20)16-6-3-2-4-7-16/h2-8,13,18H,9-12,14H2,1H3,(H,23,24,27)/t18-/m0/s1. The number of carbonyl (C=O) groups excluding carboxylic acids is 1. The fraction of sp³-hybridized carbons (Fsp3) is 0.318. The molecule has 0 bridgehead atoms. The summed E-state index contributed by atoms with van der Waals surface area (Å²) in [6.45, 7) is 2.88. The molecule has 1 aliphatic heterocycles. The fourth-order valence-corrected chi connectivity index (χ4v) is 3.84. The van der Waals surface area contributed by atoms with Crippen molar-refractivity contribution in [3.05, 3.63) is 87.5 Å². The van der Waals surface area contributed by atoms with Gasteiger partial charge in [0.05, 0.1) is 17.9 Å². The van der Waals surface area contributed by atoms with Crippen molar-refractivity contribution >= 4 is 5.91 Å². The Morgan fingerprint density at radius 2 is 1.96 bits per heavy atom. The molecular weight excluding hydrogens is 354 g/mol. The maximum absolute atomic E-state index is 13.1. The number of hydrogen-bond acceptors (Lipinski definition) is 4. The van der Waals surface area contributed by atoms with Crippen LogP contribution in [0.15, 0.2) is 57.9 Å². The van der Waals surface area contributed by atoms with E-state index in [4.69, 9.17) is 4.42 Å². The van der Waals surface area contributed by atoms with E-state index in [0.717, 1.165) is 17.0 Å². The highest BCUT2D eigenvalue weighted by Gasteiger charge is 2.26. The molecule has 0 aliphatic carbocycles. The van der Waals surface area contributed by atoms with Crippen molar-refractivity contribution in [2.45, 2.75) is 32.1 Å². The molecule has 1 N–H and O–H groups in total. The van der Waals surface area contributed by atoms with Crippen LogP contribution in [0.4, 0.5) is 0 Å². The van der Waals surface area contributed by atoms with E-state index in [2.05, 4.69) is 9.97 Å². The van der Waals surface area contributed by atoms with Crippen molar-refractivity contribution in [2.24, 2.45) is 0 Å². The molecule has 1 atom stereocenters. The highest BCUT2D eigenvalue weighted by molar-refractivity contribution is 5.77. The predicted molar refractivity (Wildman–Crippen MR) is 105 cm³/mol. The summed E-state index contributed by atoms with van der Waals surface area (Å²) < 4.78 is 5.62. The SMILES string of the molecule is Cc1nc2c(c(=O)[nH]1)CCN(C(=O)C[C@@H](c1ccccc1)c1ccco1)CC2. The van der Waals surface area contributed by atoms with E-state index in [0.29, 0.717) is 43.7 Å². The lowest BCUT2D eigenvalue weighted by atomic mass is 9.92. The topological polar surface area (TPSA) is 79.2 Å². The maximum Gasteiger partial charge on any atom is 0.254 e. The van der Waals surface area contributed by atoms with E-state index in [1.165, 1.54) is 0 Å². The zero-order valence-electron chi connectivity index (χ0n) is 15.9. The van der Waals surface area contributed by atoms with Gasteiger partial charge in [0.2, 0.25) is 5.91 Å². The molecule has 0 spiro atoms. The van der Waals surface area contributed by atoms with Crippen LogP contribution in [0.1, 0.15) is 40.7 Å². The second-order valence-electron chi connectivity index (χ2n) is 7.14. The summed E-state index contributed by atoms with van der Waals surface area (Å²) in [7, 11) is 0. The number of rotatable bonds is 4. The summed E-state index contributed by atoms with van der Waals surface area (Å²) in [5.74, 6) is 1.33. The van der Waals surface area contributed by atoms with E-state index in [1.54, 1.807) is 13.2 Å². The summed E-state index contributed by atoms with van der Waals surface area (Å²) in [5.41, 5.74) is 2.47. The number of nitrogens with zero attached hydrogens (tertiary/aromatic N) is 2. The predicted octanol–water partition coefficient (Wildman–Crippen LogP) is 2.82. The van der Waals surface area contributed by atoms with Gasteiger partial charge in [0.15, 0.2) is 0 Å². The molecular formula is C22H23N3O3. The Labute approximate surface area is 163 Å². The Bertz CT molecular complexity index is 1010. The number of nitrogens with one attached hydrogen (secondary N) is 1. The number of carbonyl (C=O) groups is 1.